The maximum absolute atomic E-state index is 8.10. The van der Waals surface area contributed by atoms with Crippen LogP contribution >= 0.6 is 11.8 Å². The third kappa shape index (κ3) is 1.89. The second kappa shape index (κ2) is 4.92. The molecule has 0 spiro atoms. The van der Waals surface area contributed by atoms with Gasteiger partial charge in [0.05, 0.1) is 0 Å². The minimum atomic E-state index is 0.211. The molecule has 1 atom stereocenters. The van der Waals surface area contributed by atoms with E-state index in [1.54, 1.807) is 0 Å². The maximum atomic E-state index is 8.10. The fourth-order valence-electron chi connectivity index (χ4n) is 3.39. The number of hydrogen-bond acceptors (Lipinski definition) is 2. The van der Waals surface area contributed by atoms with E-state index in [0.29, 0.717) is 5.49 Å². The number of aromatic nitrogens is 1. The lowest BCUT2D eigenvalue weighted by molar-refractivity contribution is -0.466. The molecule has 1 aromatic rings. The van der Waals surface area contributed by atoms with E-state index < -0.39 is 0 Å². The fraction of sp³-hybridized carbons (Fsp3) is 0.600. The molecule has 2 N–H and O–H groups in total. The molecule has 1 aromatic heterocycles. The summed E-state index contributed by atoms with van der Waals surface area (Å²) >= 11 is 6.32. The van der Waals surface area contributed by atoms with E-state index in [9.17, 15) is 0 Å². The molecule has 1 fully saturated rings. The quantitative estimate of drug-likeness (QED) is 0.707. The number of hydrogen-bond donors (Lipinski definition) is 2. The van der Waals surface area contributed by atoms with Gasteiger partial charge in [0.15, 0.2) is 5.71 Å². The highest BCUT2D eigenvalue weighted by Crippen LogP contribution is 2.38. The van der Waals surface area contributed by atoms with Crippen LogP contribution in [0, 0.1) is 19.3 Å². The molecule has 0 radical (unpaired) electrons. The van der Waals surface area contributed by atoms with Gasteiger partial charge in [-0.15, -0.1) is 0 Å². The van der Waals surface area contributed by atoms with Crippen molar-refractivity contribution >= 4 is 29.0 Å². The molecule has 1 aliphatic carbocycles. The lowest BCUT2D eigenvalue weighted by Gasteiger charge is -2.14. The highest BCUT2D eigenvalue weighted by atomic mass is 35.5. The number of fused-ring (bicyclic) bond motifs is 1. The molecule has 1 unspecified atom stereocenters. The van der Waals surface area contributed by atoms with Crippen molar-refractivity contribution in [3.05, 3.63) is 16.6 Å². The Hall–Kier alpha value is -1.29. The summed E-state index contributed by atoms with van der Waals surface area (Å²) in [5, 5.41) is 11.5. The van der Waals surface area contributed by atoms with E-state index in [1.165, 1.54) is 41.9 Å². The van der Waals surface area contributed by atoms with E-state index in [1.807, 2.05) is 6.92 Å². The largest absolute Gasteiger partial charge is 0.307 e. The molecule has 0 saturated heterocycles. The number of anilines is 1. The monoisotopic (exact) mass is 293 g/mol. The maximum Gasteiger partial charge on any atom is 0.252 e. The molecule has 1 saturated carbocycles. The number of rotatable bonds is 0. The normalized spacial score (nSPS) is 21.9. The Morgan fingerprint density at radius 2 is 1.85 bits per heavy atom. The van der Waals surface area contributed by atoms with Crippen LogP contribution in [0.4, 0.5) is 11.5 Å². The molecule has 0 bridgehead atoms. The Labute approximate surface area is 124 Å². The highest BCUT2D eigenvalue weighted by molar-refractivity contribution is 6.17. The molecular formula is C15H22ClN4+. The van der Waals surface area contributed by atoms with Gasteiger partial charge < -0.3 is 5.32 Å². The minimum Gasteiger partial charge on any atom is -0.307 e. The third-order valence-corrected chi connectivity index (χ3v) is 4.97. The van der Waals surface area contributed by atoms with Gasteiger partial charge in [-0.1, -0.05) is 6.42 Å². The van der Waals surface area contributed by atoms with Gasteiger partial charge in [-0.3, -0.25) is 5.41 Å². The lowest BCUT2D eigenvalue weighted by Crippen LogP contribution is -2.28. The van der Waals surface area contributed by atoms with Crippen LogP contribution in [0.25, 0.3) is 0 Å². The molecule has 0 aromatic carbocycles. The molecule has 5 heteroatoms. The van der Waals surface area contributed by atoms with Gasteiger partial charge in [0, 0.05) is 42.7 Å². The smallest absolute Gasteiger partial charge is 0.252 e. The number of pyridine rings is 1. The predicted octanol–water partition coefficient (Wildman–Crippen LogP) is 3.41. The standard InChI is InChI=1S/C15H22ClN4/c1-9-10(2)14(17)20(16)15-13(9)19(11(3)18-15)12-7-5-4-6-8-12/h11,17-18H,4-8H2,1-3H3/q+1. The number of halogens is 1. The molecule has 4 nitrogen and oxygen atoms in total. The van der Waals surface area contributed by atoms with Crippen molar-refractivity contribution in [1.29, 1.82) is 5.41 Å². The van der Waals surface area contributed by atoms with Gasteiger partial charge in [0.1, 0.15) is 5.49 Å². The predicted molar refractivity (Wildman–Crippen MR) is 82.1 cm³/mol. The molecule has 2 aliphatic rings. The zero-order valence-electron chi connectivity index (χ0n) is 12.4. The van der Waals surface area contributed by atoms with Crippen LogP contribution in [0.5, 0.6) is 0 Å². The Morgan fingerprint density at radius 3 is 2.50 bits per heavy atom. The molecule has 2 heterocycles. The van der Waals surface area contributed by atoms with Crippen molar-refractivity contribution in [1.82, 2.24) is 4.09 Å². The van der Waals surface area contributed by atoms with Gasteiger partial charge >= 0.3 is 0 Å². The molecule has 0 amide bonds. The van der Waals surface area contributed by atoms with Crippen molar-refractivity contribution in [3.63, 3.8) is 0 Å². The first kappa shape index (κ1) is 13.7. The van der Waals surface area contributed by atoms with Crippen LogP contribution < -0.4 is 10.8 Å². The SMILES string of the molecule is Cc1c2c(n(Cl)c(=N)c1C)NC(C)[N+]2=C1CCCCC1. The average Bonchev–Trinajstić information content (AvgIpc) is 2.81. The van der Waals surface area contributed by atoms with Crippen LogP contribution in [0.2, 0.25) is 0 Å². The number of nitrogens with zero attached hydrogens (tertiary/aromatic N) is 2. The van der Waals surface area contributed by atoms with Crippen molar-refractivity contribution in [2.45, 2.75) is 59.0 Å². The average molecular weight is 294 g/mol. The Balaban J connectivity index is 2.27. The van der Waals surface area contributed by atoms with E-state index in [2.05, 4.69) is 23.7 Å². The van der Waals surface area contributed by atoms with Crippen LogP contribution in [-0.2, 0) is 0 Å². The first-order valence-electron chi connectivity index (χ1n) is 7.39. The molecule has 108 valence electrons. The van der Waals surface area contributed by atoms with Crippen LogP contribution in [-0.4, -0.2) is 20.5 Å². The van der Waals surface area contributed by atoms with Crippen LogP contribution in [0.1, 0.15) is 50.2 Å². The summed E-state index contributed by atoms with van der Waals surface area (Å²) in [6, 6.07) is 0. The van der Waals surface area contributed by atoms with Gasteiger partial charge in [-0.05, 0) is 26.7 Å². The van der Waals surface area contributed by atoms with Crippen LogP contribution in [0.15, 0.2) is 0 Å². The van der Waals surface area contributed by atoms with Crippen molar-refractivity contribution < 1.29 is 4.58 Å². The molecular weight excluding hydrogens is 272 g/mol. The van der Waals surface area contributed by atoms with E-state index in [-0.39, 0.29) is 6.17 Å². The van der Waals surface area contributed by atoms with Crippen molar-refractivity contribution in [3.8, 4) is 0 Å². The summed E-state index contributed by atoms with van der Waals surface area (Å²) in [6.45, 7) is 6.24. The second-order valence-electron chi connectivity index (χ2n) is 5.89. The molecule has 1 aliphatic heterocycles. The summed E-state index contributed by atoms with van der Waals surface area (Å²) in [7, 11) is 0. The van der Waals surface area contributed by atoms with Crippen molar-refractivity contribution in [2.75, 3.05) is 5.32 Å². The summed E-state index contributed by atoms with van der Waals surface area (Å²) in [5.41, 5.74) is 5.16. The van der Waals surface area contributed by atoms with E-state index in [0.717, 1.165) is 22.6 Å². The fourth-order valence-corrected chi connectivity index (χ4v) is 3.65. The Kier molecular flexibility index (Phi) is 3.36. The Morgan fingerprint density at radius 1 is 1.20 bits per heavy atom. The Bertz CT molecular complexity index is 649. The minimum absolute atomic E-state index is 0.211. The summed E-state index contributed by atoms with van der Waals surface area (Å²) in [6.07, 6.45) is 6.46. The van der Waals surface area contributed by atoms with Crippen LogP contribution in [0.3, 0.4) is 0 Å². The first-order valence-corrected chi connectivity index (χ1v) is 7.73. The first-order chi connectivity index (χ1) is 9.52. The van der Waals surface area contributed by atoms with Gasteiger partial charge in [0.25, 0.3) is 5.69 Å². The zero-order valence-corrected chi connectivity index (χ0v) is 13.1. The molecule has 20 heavy (non-hydrogen) atoms. The second-order valence-corrected chi connectivity index (χ2v) is 6.23. The summed E-state index contributed by atoms with van der Waals surface area (Å²) in [4.78, 5) is 0. The number of nitrogens with one attached hydrogen (secondary N) is 2. The van der Waals surface area contributed by atoms with Gasteiger partial charge in [-0.2, -0.15) is 4.58 Å². The van der Waals surface area contributed by atoms with Crippen molar-refractivity contribution in [2.24, 2.45) is 0 Å². The van der Waals surface area contributed by atoms with E-state index in [4.69, 9.17) is 17.2 Å². The summed E-state index contributed by atoms with van der Waals surface area (Å²) in [5.74, 6) is 0.866. The highest BCUT2D eigenvalue weighted by Gasteiger charge is 2.38. The lowest BCUT2D eigenvalue weighted by atomic mass is 9.97. The summed E-state index contributed by atoms with van der Waals surface area (Å²) < 4.78 is 3.87. The zero-order chi connectivity index (χ0) is 14.4. The molecule has 3 rings (SSSR count). The van der Waals surface area contributed by atoms with Gasteiger partial charge in [0.2, 0.25) is 12.0 Å². The van der Waals surface area contributed by atoms with Gasteiger partial charge in [-0.25, -0.2) is 4.09 Å². The topological polar surface area (TPSA) is 43.8 Å². The van der Waals surface area contributed by atoms with E-state index >= 15 is 0 Å². The third-order valence-electron chi connectivity index (χ3n) is 4.64.